The van der Waals surface area contributed by atoms with Gasteiger partial charge in [0.25, 0.3) is 0 Å². The normalized spacial score (nSPS) is 23.1. The number of hydrogen-bond donors (Lipinski definition) is 8. The van der Waals surface area contributed by atoms with Gasteiger partial charge in [0.15, 0.2) is 6.10 Å². The molecule has 0 aromatic heterocycles. The second kappa shape index (κ2) is 31.3. The number of unbranched alkanes of at least 4 members (excludes halogenated alkanes) is 20. The molecule has 8 atom stereocenters. The Hall–Kier alpha value is -0.650. The van der Waals surface area contributed by atoms with Crippen LogP contribution >= 0.6 is 28.3 Å². The summed E-state index contributed by atoms with van der Waals surface area (Å²) in [7, 11) is -10.6. The van der Waals surface area contributed by atoms with Gasteiger partial charge in [-0.15, -0.1) is 0 Å². The number of phosphoric acid groups is 2. The van der Waals surface area contributed by atoms with Gasteiger partial charge < -0.3 is 44.6 Å². The van der Waals surface area contributed by atoms with Crippen LogP contribution in [0.1, 0.15) is 161 Å². The topological polar surface area (TPSA) is 256 Å². The van der Waals surface area contributed by atoms with Crippen LogP contribution in [0.2, 0.25) is 0 Å². The Labute approximate surface area is 339 Å². The van der Waals surface area contributed by atoms with Crippen molar-refractivity contribution in [2.75, 3.05) is 19.0 Å². The SMILES string of the molecule is CCCCCCCCCCCCCCCC(=O)O[C@H](COC(=O)CCCCCCCCCCCS)COP(=O)(O)OC1C(O)[C@@H](OP(=O)(O)O)C(O)[C@@H](O)[C@H]1O. The lowest BCUT2D eigenvalue weighted by Gasteiger charge is -2.43. The zero-order valence-corrected chi connectivity index (χ0v) is 36.0. The molecule has 0 radical (unpaired) electrons. The Kier molecular flexibility index (Phi) is 29.8. The Morgan fingerprint density at radius 3 is 1.41 bits per heavy atom. The lowest BCUT2D eigenvalue weighted by molar-refractivity contribution is -0.216. The monoisotopic (exact) mass is 866 g/mol. The van der Waals surface area contributed by atoms with Crippen LogP contribution in [-0.4, -0.2) is 109 Å². The fraction of sp³-hybridized carbons (Fsp3) is 0.946. The van der Waals surface area contributed by atoms with E-state index in [1.54, 1.807) is 0 Å². The van der Waals surface area contributed by atoms with Gasteiger partial charge in [0, 0.05) is 12.8 Å². The van der Waals surface area contributed by atoms with E-state index >= 15 is 0 Å². The van der Waals surface area contributed by atoms with Crippen molar-refractivity contribution in [1.29, 1.82) is 0 Å². The number of ether oxygens (including phenoxy) is 2. The van der Waals surface area contributed by atoms with Crippen molar-refractivity contribution in [2.45, 2.75) is 204 Å². The van der Waals surface area contributed by atoms with Gasteiger partial charge in [0.1, 0.15) is 43.2 Å². The molecular weight excluding hydrogens is 794 g/mol. The average molecular weight is 867 g/mol. The van der Waals surface area contributed by atoms with Crippen LogP contribution in [-0.2, 0) is 41.8 Å². The molecule has 332 valence electrons. The van der Waals surface area contributed by atoms with Crippen molar-refractivity contribution in [2.24, 2.45) is 0 Å². The number of thiol groups is 1. The number of rotatable bonds is 35. The minimum absolute atomic E-state index is 0.0479. The number of hydrogen-bond acceptors (Lipinski definition) is 14. The van der Waals surface area contributed by atoms with E-state index < -0.39 is 83.5 Å². The first-order chi connectivity index (χ1) is 26.6. The molecule has 1 fully saturated rings. The average Bonchev–Trinajstić information content (AvgIpc) is 3.14. The summed E-state index contributed by atoms with van der Waals surface area (Å²) in [6.45, 7) is 0.876. The maximum atomic E-state index is 12.9. The smallest absolute Gasteiger partial charge is 0.462 e. The quantitative estimate of drug-likeness (QED) is 0.0153. The molecule has 0 aromatic carbocycles. The van der Waals surface area contributed by atoms with E-state index in [-0.39, 0.29) is 12.8 Å². The number of phosphoric ester groups is 2. The molecule has 0 aromatic rings. The van der Waals surface area contributed by atoms with Gasteiger partial charge in [-0.2, -0.15) is 12.6 Å². The van der Waals surface area contributed by atoms with Crippen LogP contribution in [0.4, 0.5) is 0 Å². The molecule has 1 rings (SSSR count). The van der Waals surface area contributed by atoms with E-state index in [9.17, 15) is 44.0 Å². The number of carbonyl (C=O) groups is 2. The van der Waals surface area contributed by atoms with Crippen LogP contribution in [0.15, 0.2) is 0 Å². The lowest BCUT2D eigenvalue weighted by Crippen LogP contribution is -2.64. The first-order valence-corrected chi connectivity index (χ1v) is 24.4. The molecule has 4 unspecified atom stereocenters. The predicted molar refractivity (Wildman–Crippen MR) is 213 cm³/mol. The Balaban J connectivity index is 2.65. The van der Waals surface area contributed by atoms with Crippen molar-refractivity contribution in [1.82, 2.24) is 0 Å². The molecule has 0 bridgehead atoms. The van der Waals surface area contributed by atoms with Gasteiger partial charge in [-0.3, -0.25) is 23.2 Å². The predicted octanol–water partition coefficient (Wildman–Crippen LogP) is 6.19. The molecule has 0 aliphatic heterocycles. The van der Waals surface area contributed by atoms with E-state index in [2.05, 4.69) is 24.1 Å². The molecule has 1 aliphatic carbocycles. The zero-order chi connectivity index (χ0) is 41.8. The molecule has 0 spiro atoms. The van der Waals surface area contributed by atoms with Crippen LogP contribution in [0.25, 0.3) is 0 Å². The third-order valence-electron chi connectivity index (χ3n) is 9.74. The summed E-state index contributed by atoms with van der Waals surface area (Å²) in [5.74, 6) is -0.307. The van der Waals surface area contributed by atoms with Crippen molar-refractivity contribution < 1.29 is 76.9 Å². The molecule has 7 N–H and O–H groups in total. The van der Waals surface area contributed by atoms with Gasteiger partial charge in [-0.05, 0) is 25.0 Å². The minimum atomic E-state index is -5.35. The van der Waals surface area contributed by atoms with Crippen LogP contribution in [0.3, 0.4) is 0 Å². The summed E-state index contributed by atoms with van der Waals surface area (Å²) in [5, 5.41) is 41.0. The Morgan fingerprint density at radius 1 is 0.554 bits per heavy atom. The standard InChI is InChI=1S/C37H72O16P2S/c1-2-3-4-5-6-7-8-9-10-12-16-19-22-25-31(39)51-29(27-49-30(38)24-21-18-15-13-11-14-17-20-23-26-56)28-50-55(47,48)53-37-34(42)32(40)33(41)36(35(37)43)52-54(44,45)46/h29,32-37,40-43,56H,2-28H2,1H3,(H,47,48)(H2,44,45,46)/t29-,32-,33?,34-,35?,36+,37?/m1/s1. The Bertz CT molecular complexity index is 1130. The molecule has 0 amide bonds. The molecule has 0 heterocycles. The second-order valence-corrected chi connectivity index (χ2v) is 17.8. The van der Waals surface area contributed by atoms with E-state index in [4.69, 9.17) is 28.3 Å². The summed E-state index contributed by atoms with van der Waals surface area (Å²) in [5.41, 5.74) is 0. The maximum Gasteiger partial charge on any atom is 0.472 e. The zero-order valence-electron chi connectivity index (χ0n) is 33.3. The van der Waals surface area contributed by atoms with Crippen molar-refractivity contribution in [3.63, 3.8) is 0 Å². The summed E-state index contributed by atoms with van der Waals surface area (Å²) >= 11 is 4.22. The van der Waals surface area contributed by atoms with E-state index in [1.165, 1.54) is 70.6 Å². The number of aliphatic hydroxyl groups is 4. The fourth-order valence-corrected chi connectivity index (χ4v) is 8.24. The largest absolute Gasteiger partial charge is 0.472 e. The third-order valence-corrected chi connectivity index (χ3v) is 11.6. The number of esters is 2. The summed E-state index contributed by atoms with van der Waals surface area (Å²) in [4.78, 5) is 53.9. The van der Waals surface area contributed by atoms with E-state index in [1.807, 2.05) is 0 Å². The van der Waals surface area contributed by atoms with Crippen molar-refractivity contribution >= 4 is 40.2 Å². The molecule has 16 nitrogen and oxygen atoms in total. The maximum absolute atomic E-state index is 12.9. The molecule has 19 heteroatoms. The molecule has 1 saturated carbocycles. The van der Waals surface area contributed by atoms with Gasteiger partial charge >= 0.3 is 27.6 Å². The highest BCUT2D eigenvalue weighted by molar-refractivity contribution is 7.80. The minimum Gasteiger partial charge on any atom is -0.462 e. The van der Waals surface area contributed by atoms with Gasteiger partial charge in [-0.1, -0.05) is 129 Å². The van der Waals surface area contributed by atoms with Crippen molar-refractivity contribution in [3.8, 4) is 0 Å². The van der Waals surface area contributed by atoms with Gasteiger partial charge in [0.2, 0.25) is 0 Å². The first-order valence-electron chi connectivity index (χ1n) is 20.7. The highest BCUT2D eigenvalue weighted by Gasteiger charge is 2.54. The second-order valence-electron chi connectivity index (χ2n) is 14.8. The van der Waals surface area contributed by atoms with Crippen LogP contribution in [0.5, 0.6) is 0 Å². The van der Waals surface area contributed by atoms with Crippen LogP contribution < -0.4 is 0 Å². The van der Waals surface area contributed by atoms with Gasteiger partial charge in [-0.25, -0.2) is 9.13 Å². The van der Waals surface area contributed by atoms with Gasteiger partial charge in [0.05, 0.1) is 6.61 Å². The fourth-order valence-electron chi connectivity index (χ4n) is 6.48. The molecule has 56 heavy (non-hydrogen) atoms. The number of carbonyl (C=O) groups excluding carboxylic acids is 2. The van der Waals surface area contributed by atoms with E-state index in [0.717, 1.165) is 63.5 Å². The molecule has 0 saturated heterocycles. The number of aliphatic hydroxyl groups excluding tert-OH is 4. The van der Waals surface area contributed by atoms with Crippen LogP contribution in [0, 0.1) is 0 Å². The highest BCUT2D eigenvalue weighted by atomic mass is 32.1. The summed E-state index contributed by atoms with van der Waals surface area (Å²) in [6.07, 6.45) is 9.28. The summed E-state index contributed by atoms with van der Waals surface area (Å²) in [6, 6.07) is 0. The molecule has 1 aliphatic rings. The highest BCUT2D eigenvalue weighted by Crippen LogP contribution is 2.49. The lowest BCUT2D eigenvalue weighted by atomic mass is 9.85. The third kappa shape index (κ3) is 25.8. The molecular formula is C37H72O16P2S. The Morgan fingerprint density at radius 2 is 0.964 bits per heavy atom. The first kappa shape index (κ1) is 53.4. The van der Waals surface area contributed by atoms with Crippen molar-refractivity contribution in [3.05, 3.63) is 0 Å². The summed E-state index contributed by atoms with van der Waals surface area (Å²) < 4.78 is 49.1. The van der Waals surface area contributed by atoms with E-state index in [0.29, 0.717) is 12.8 Å².